The van der Waals surface area contributed by atoms with Gasteiger partial charge in [0, 0.05) is 12.5 Å². The van der Waals surface area contributed by atoms with E-state index in [-0.39, 0.29) is 5.69 Å². The Kier molecular flexibility index (Phi) is 2.74. The van der Waals surface area contributed by atoms with Gasteiger partial charge in [-0.25, -0.2) is 8.78 Å². The average Bonchev–Trinajstić information content (AvgIpc) is 2.33. The van der Waals surface area contributed by atoms with Crippen LogP contribution in [0.2, 0.25) is 0 Å². The van der Waals surface area contributed by atoms with Crippen LogP contribution < -0.4 is 5.32 Å². The Bertz CT molecular complexity index is 560. The molecule has 1 unspecified atom stereocenters. The molecule has 1 aliphatic carbocycles. The molecule has 0 aliphatic heterocycles. The number of para-hydroxylation sites is 1. The maximum atomic E-state index is 13.4. The normalized spacial score (nSPS) is 16.9. The largest absolute Gasteiger partial charge is 0.380 e. The van der Waals surface area contributed by atoms with Crippen molar-refractivity contribution in [2.45, 2.75) is 12.3 Å². The van der Waals surface area contributed by atoms with Gasteiger partial charge in [0.2, 0.25) is 0 Å². The van der Waals surface area contributed by atoms with E-state index in [9.17, 15) is 8.78 Å². The summed E-state index contributed by atoms with van der Waals surface area (Å²) in [5.41, 5.74) is 2.59. The average molecular weight is 245 g/mol. The molecule has 0 fully saturated rings. The van der Waals surface area contributed by atoms with Gasteiger partial charge >= 0.3 is 0 Å². The summed E-state index contributed by atoms with van der Waals surface area (Å²) in [4.78, 5) is 0. The van der Waals surface area contributed by atoms with Crippen LogP contribution in [0.3, 0.4) is 0 Å². The lowest BCUT2D eigenvalue weighted by atomic mass is 9.77. The molecule has 18 heavy (non-hydrogen) atoms. The lowest BCUT2D eigenvalue weighted by molar-refractivity contribution is 0.579. The maximum absolute atomic E-state index is 13.4. The van der Waals surface area contributed by atoms with E-state index in [2.05, 4.69) is 17.4 Å². The lowest BCUT2D eigenvalue weighted by Crippen LogP contribution is -2.24. The third-order valence-corrected chi connectivity index (χ3v) is 3.45. The SMILES string of the molecule is Fc1cccc(F)c1NCC1Cc2ccccc21. The minimum absolute atomic E-state index is 0.0260. The van der Waals surface area contributed by atoms with Crippen LogP contribution in [0.4, 0.5) is 14.5 Å². The van der Waals surface area contributed by atoms with E-state index in [0.29, 0.717) is 12.5 Å². The first-order chi connectivity index (χ1) is 8.75. The van der Waals surface area contributed by atoms with Gasteiger partial charge in [-0.3, -0.25) is 0 Å². The van der Waals surface area contributed by atoms with Gasteiger partial charge in [0.1, 0.15) is 17.3 Å². The van der Waals surface area contributed by atoms with Crippen LogP contribution in [0, 0.1) is 11.6 Å². The highest BCUT2D eigenvalue weighted by atomic mass is 19.1. The van der Waals surface area contributed by atoms with Crippen LogP contribution in [-0.4, -0.2) is 6.54 Å². The molecule has 1 N–H and O–H groups in total. The van der Waals surface area contributed by atoms with Crippen molar-refractivity contribution in [1.29, 1.82) is 0 Å². The molecule has 3 heteroatoms. The molecule has 1 nitrogen and oxygen atoms in total. The Morgan fingerprint density at radius 3 is 2.44 bits per heavy atom. The van der Waals surface area contributed by atoms with E-state index in [4.69, 9.17) is 0 Å². The van der Waals surface area contributed by atoms with Gasteiger partial charge in [-0.1, -0.05) is 30.3 Å². The van der Waals surface area contributed by atoms with Crippen molar-refractivity contribution >= 4 is 5.69 Å². The number of rotatable bonds is 3. The van der Waals surface area contributed by atoms with Gasteiger partial charge in [0.15, 0.2) is 0 Å². The van der Waals surface area contributed by atoms with Gasteiger partial charge < -0.3 is 5.32 Å². The standard InChI is InChI=1S/C15H13F2N/c16-13-6-3-7-14(17)15(13)18-9-11-8-10-4-1-2-5-12(10)11/h1-7,11,18H,8-9H2. The predicted octanol–water partition coefficient (Wildman–Crippen LogP) is 3.72. The molecule has 0 saturated heterocycles. The summed E-state index contributed by atoms with van der Waals surface area (Å²) in [6, 6.07) is 12.1. The van der Waals surface area contributed by atoms with Gasteiger partial charge in [0.05, 0.1) is 0 Å². The van der Waals surface area contributed by atoms with E-state index >= 15 is 0 Å². The van der Waals surface area contributed by atoms with E-state index in [1.165, 1.54) is 29.3 Å². The summed E-state index contributed by atoms with van der Waals surface area (Å²) in [7, 11) is 0. The molecule has 0 aromatic heterocycles. The second kappa shape index (κ2) is 4.41. The highest BCUT2D eigenvalue weighted by molar-refractivity contribution is 5.48. The number of hydrogen-bond acceptors (Lipinski definition) is 1. The molecular formula is C15H13F2N. The fourth-order valence-corrected chi connectivity index (χ4v) is 2.44. The summed E-state index contributed by atoms with van der Waals surface area (Å²) < 4.78 is 26.8. The number of fused-ring (bicyclic) bond motifs is 1. The van der Waals surface area contributed by atoms with Crippen LogP contribution in [0.5, 0.6) is 0 Å². The molecule has 2 aromatic rings. The topological polar surface area (TPSA) is 12.0 Å². The molecular weight excluding hydrogens is 232 g/mol. The van der Waals surface area contributed by atoms with Crippen LogP contribution >= 0.6 is 0 Å². The Morgan fingerprint density at radius 1 is 1.00 bits per heavy atom. The predicted molar refractivity (Wildman–Crippen MR) is 67.7 cm³/mol. The summed E-state index contributed by atoms with van der Waals surface area (Å²) >= 11 is 0. The molecule has 0 amide bonds. The van der Waals surface area contributed by atoms with Gasteiger partial charge in [-0.05, 0) is 29.7 Å². The van der Waals surface area contributed by atoms with Crippen LogP contribution in [0.1, 0.15) is 17.0 Å². The second-order valence-corrected chi connectivity index (χ2v) is 4.58. The Balaban J connectivity index is 1.70. The van der Waals surface area contributed by atoms with E-state index in [1.807, 2.05) is 12.1 Å². The summed E-state index contributed by atoms with van der Waals surface area (Å²) in [5, 5.41) is 2.87. The van der Waals surface area contributed by atoms with Crippen LogP contribution in [0.25, 0.3) is 0 Å². The third-order valence-electron chi connectivity index (χ3n) is 3.45. The van der Waals surface area contributed by atoms with Crippen molar-refractivity contribution in [2.75, 3.05) is 11.9 Å². The second-order valence-electron chi connectivity index (χ2n) is 4.58. The zero-order valence-electron chi connectivity index (χ0n) is 9.79. The Morgan fingerprint density at radius 2 is 1.72 bits per heavy atom. The van der Waals surface area contributed by atoms with Gasteiger partial charge in [0.25, 0.3) is 0 Å². The van der Waals surface area contributed by atoms with Gasteiger partial charge in [-0.2, -0.15) is 0 Å². The minimum atomic E-state index is -0.539. The van der Waals surface area contributed by atoms with Crippen molar-refractivity contribution < 1.29 is 8.78 Å². The quantitative estimate of drug-likeness (QED) is 0.869. The number of anilines is 1. The summed E-state index contributed by atoms with van der Waals surface area (Å²) in [6.45, 7) is 0.564. The van der Waals surface area contributed by atoms with Crippen LogP contribution in [-0.2, 0) is 6.42 Å². The summed E-state index contributed by atoms with van der Waals surface area (Å²) in [5.74, 6) is -0.731. The molecule has 0 saturated carbocycles. The van der Waals surface area contributed by atoms with Gasteiger partial charge in [-0.15, -0.1) is 0 Å². The van der Waals surface area contributed by atoms with Crippen molar-refractivity contribution in [3.05, 3.63) is 65.2 Å². The summed E-state index contributed by atoms with van der Waals surface area (Å²) in [6.07, 6.45) is 0.971. The highest BCUT2D eigenvalue weighted by Gasteiger charge is 2.25. The smallest absolute Gasteiger partial charge is 0.149 e. The third kappa shape index (κ3) is 1.86. The first-order valence-electron chi connectivity index (χ1n) is 6.01. The zero-order chi connectivity index (χ0) is 12.5. The monoisotopic (exact) mass is 245 g/mol. The van der Waals surface area contributed by atoms with E-state index in [0.717, 1.165) is 6.42 Å². The lowest BCUT2D eigenvalue weighted by Gasteiger charge is -2.30. The minimum Gasteiger partial charge on any atom is -0.380 e. The first kappa shape index (κ1) is 11.2. The van der Waals surface area contributed by atoms with Crippen LogP contribution in [0.15, 0.2) is 42.5 Å². The number of halogens is 2. The molecule has 0 bridgehead atoms. The number of hydrogen-bond donors (Lipinski definition) is 1. The van der Waals surface area contributed by atoms with Crippen molar-refractivity contribution in [3.63, 3.8) is 0 Å². The fourth-order valence-electron chi connectivity index (χ4n) is 2.44. The highest BCUT2D eigenvalue weighted by Crippen LogP contribution is 2.35. The zero-order valence-corrected chi connectivity index (χ0v) is 9.79. The van der Waals surface area contributed by atoms with E-state index in [1.54, 1.807) is 0 Å². The Hall–Kier alpha value is -1.90. The Labute approximate surface area is 104 Å². The molecule has 0 radical (unpaired) electrons. The maximum Gasteiger partial charge on any atom is 0.149 e. The van der Waals surface area contributed by atoms with Crippen molar-refractivity contribution in [3.8, 4) is 0 Å². The molecule has 1 aliphatic rings. The molecule has 0 spiro atoms. The van der Waals surface area contributed by atoms with Crippen molar-refractivity contribution in [2.24, 2.45) is 0 Å². The molecule has 0 heterocycles. The van der Waals surface area contributed by atoms with Crippen molar-refractivity contribution in [1.82, 2.24) is 0 Å². The molecule has 3 rings (SSSR count). The van der Waals surface area contributed by atoms with E-state index < -0.39 is 11.6 Å². The molecule has 2 aromatic carbocycles. The molecule has 1 atom stereocenters. The number of nitrogens with one attached hydrogen (secondary N) is 1. The fraction of sp³-hybridized carbons (Fsp3) is 0.200. The first-order valence-corrected chi connectivity index (χ1v) is 6.01. The number of benzene rings is 2. The molecule has 92 valence electrons.